The minimum absolute atomic E-state index is 0.114. The Bertz CT molecular complexity index is 616. The van der Waals surface area contributed by atoms with Gasteiger partial charge >= 0.3 is 6.36 Å². The Hall–Kier alpha value is -1.36. The van der Waals surface area contributed by atoms with E-state index in [4.69, 9.17) is 0 Å². The van der Waals surface area contributed by atoms with Crippen LogP contribution in [0.2, 0.25) is 0 Å². The lowest BCUT2D eigenvalue weighted by Gasteiger charge is -2.27. The number of sulfonamides is 1. The van der Waals surface area contributed by atoms with Crippen molar-refractivity contribution in [1.29, 1.82) is 0 Å². The molecular weight excluding hydrogens is 335 g/mol. The Kier molecular flexibility index (Phi) is 5.84. The second-order valence-corrected chi connectivity index (χ2v) is 6.72. The van der Waals surface area contributed by atoms with Crippen molar-refractivity contribution in [2.45, 2.75) is 11.3 Å². The normalized spacial score (nSPS) is 17.2. The molecule has 0 saturated carbocycles. The van der Waals surface area contributed by atoms with Crippen molar-refractivity contribution in [3.63, 3.8) is 0 Å². The SMILES string of the molecule is O=S(=O)(NCCN1CCNCC1)c1ccccc1OC(F)(F)F. The van der Waals surface area contributed by atoms with Gasteiger partial charge in [-0.15, -0.1) is 13.2 Å². The molecule has 1 heterocycles. The first-order valence-corrected chi connectivity index (χ1v) is 8.54. The van der Waals surface area contributed by atoms with Crippen LogP contribution < -0.4 is 14.8 Å². The molecule has 0 aliphatic carbocycles. The Morgan fingerprint density at radius 2 is 1.87 bits per heavy atom. The molecule has 2 N–H and O–H groups in total. The second kappa shape index (κ2) is 7.47. The van der Waals surface area contributed by atoms with Crippen molar-refractivity contribution >= 4 is 10.0 Å². The van der Waals surface area contributed by atoms with E-state index in [-0.39, 0.29) is 6.54 Å². The quantitative estimate of drug-likeness (QED) is 0.791. The number of ether oxygens (including phenoxy) is 1. The maximum Gasteiger partial charge on any atom is 0.573 e. The van der Waals surface area contributed by atoms with E-state index >= 15 is 0 Å². The molecule has 1 aliphatic rings. The van der Waals surface area contributed by atoms with Crippen LogP contribution in [0.5, 0.6) is 5.75 Å². The first kappa shape index (κ1) is 18.0. The van der Waals surface area contributed by atoms with Crippen LogP contribution in [-0.4, -0.2) is 58.9 Å². The Morgan fingerprint density at radius 1 is 1.22 bits per heavy atom. The second-order valence-electron chi connectivity index (χ2n) is 4.98. The number of halogens is 3. The minimum atomic E-state index is -4.95. The van der Waals surface area contributed by atoms with Gasteiger partial charge in [0.2, 0.25) is 10.0 Å². The summed E-state index contributed by atoms with van der Waals surface area (Å²) in [6.45, 7) is 3.86. The lowest BCUT2D eigenvalue weighted by molar-refractivity contribution is -0.275. The standard InChI is InChI=1S/C13H18F3N3O3S/c14-13(15,16)22-11-3-1-2-4-12(11)23(20,21)18-7-10-19-8-5-17-6-9-19/h1-4,17-18H,5-10H2. The zero-order valence-corrected chi connectivity index (χ0v) is 13.1. The molecule has 0 amide bonds. The fraction of sp³-hybridized carbons (Fsp3) is 0.538. The number of benzene rings is 1. The van der Waals surface area contributed by atoms with Crippen molar-refractivity contribution in [2.24, 2.45) is 0 Å². The van der Waals surface area contributed by atoms with E-state index in [0.29, 0.717) is 6.54 Å². The van der Waals surface area contributed by atoms with E-state index in [1.54, 1.807) is 0 Å². The summed E-state index contributed by atoms with van der Waals surface area (Å²) in [5, 5.41) is 3.17. The van der Waals surface area contributed by atoms with Gasteiger partial charge in [-0.1, -0.05) is 12.1 Å². The number of hydrogen-bond acceptors (Lipinski definition) is 5. The Balaban J connectivity index is 2.01. The molecular formula is C13H18F3N3O3S. The van der Waals surface area contributed by atoms with Crippen LogP contribution in [0, 0.1) is 0 Å². The highest BCUT2D eigenvalue weighted by molar-refractivity contribution is 7.89. The molecule has 0 aromatic heterocycles. The van der Waals surface area contributed by atoms with E-state index in [2.05, 4.69) is 19.7 Å². The number of alkyl halides is 3. The Morgan fingerprint density at radius 3 is 2.52 bits per heavy atom. The van der Waals surface area contributed by atoms with Gasteiger partial charge < -0.3 is 10.1 Å². The predicted octanol–water partition coefficient (Wildman–Crippen LogP) is 0.769. The summed E-state index contributed by atoms with van der Waals surface area (Å²) in [6.07, 6.45) is -4.95. The van der Waals surface area contributed by atoms with Crippen LogP contribution in [0.15, 0.2) is 29.2 Å². The molecule has 0 spiro atoms. The molecule has 1 aliphatic heterocycles. The maximum absolute atomic E-state index is 12.4. The van der Waals surface area contributed by atoms with E-state index in [1.165, 1.54) is 12.1 Å². The van der Waals surface area contributed by atoms with Crippen LogP contribution in [0.1, 0.15) is 0 Å². The molecule has 1 fully saturated rings. The zero-order chi connectivity index (χ0) is 16.9. The summed E-state index contributed by atoms with van der Waals surface area (Å²) >= 11 is 0. The third-order valence-electron chi connectivity index (χ3n) is 3.29. The van der Waals surface area contributed by atoms with Crippen molar-refractivity contribution in [1.82, 2.24) is 14.9 Å². The van der Waals surface area contributed by atoms with Crippen LogP contribution in [0.4, 0.5) is 13.2 Å². The number of nitrogens with zero attached hydrogens (tertiary/aromatic N) is 1. The van der Waals surface area contributed by atoms with E-state index in [1.807, 2.05) is 0 Å². The summed E-state index contributed by atoms with van der Waals surface area (Å²) in [5.41, 5.74) is 0. The highest BCUT2D eigenvalue weighted by atomic mass is 32.2. The fourth-order valence-corrected chi connectivity index (χ4v) is 3.38. The average molecular weight is 353 g/mol. The molecule has 23 heavy (non-hydrogen) atoms. The van der Waals surface area contributed by atoms with Crippen molar-refractivity contribution < 1.29 is 26.3 Å². The topological polar surface area (TPSA) is 70.7 Å². The van der Waals surface area contributed by atoms with Crippen LogP contribution in [0.3, 0.4) is 0 Å². The van der Waals surface area contributed by atoms with Crippen molar-refractivity contribution in [3.8, 4) is 5.75 Å². The van der Waals surface area contributed by atoms with Gasteiger partial charge in [0, 0.05) is 39.3 Å². The lowest BCUT2D eigenvalue weighted by Crippen LogP contribution is -2.46. The number of piperazine rings is 1. The van der Waals surface area contributed by atoms with Crippen molar-refractivity contribution in [2.75, 3.05) is 39.3 Å². The maximum atomic E-state index is 12.4. The number of rotatable bonds is 6. The third-order valence-corrected chi connectivity index (χ3v) is 4.79. The molecule has 10 heteroatoms. The van der Waals surface area contributed by atoms with Gasteiger partial charge in [-0.2, -0.15) is 0 Å². The number of nitrogens with one attached hydrogen (secondary N) is 2. The molecule has 0 atom stereocenters. The predicted molar refractivity (Wildman–Crippen MR) is 77.6 cm³/mol. The monoisotopic (exact) mass is 353 g/mol. The van der Waals surface area contributed by atoms with E-state index < -0.39 is 27.0 Å². The van der Waals surface area contributed by atoms with Crippen molar-refractivity contribution in [3.05, 3.63) is 24.3 Å². The molecule has 1 saturated heterocycles. The summed E-state index contributed by atoms with van der Waals surface area (Å²) in [7, 11) is -4.08. The lowest BCUT2D eigenvalue weighted by atomic mass is 10.3. The van der Waals surface area contributed by atoms with Crippen LogP contribution in [-0.2, 0) is 10.0 Å². The van der Waals surface area contributed by atoms with E-state index in [0.717, 1.165) is 38.3 Å². The van der Waals surface area contributed by atoms with Crippen LogP contribution in [0.25, 0.3) is 0 Å². The number of hydrogen-bond donors (Lipinski definition) is 2. The molecule has 0 radical (unpaired) electrons. The van der Waals surface area contributed by atoms with Gasteiger partial charge in [0.05, 0.1) is 0 Å². The van der Waals surface area contributed by atoms with Crippen LogP contribution >= 0.6 is 0 Å². The minimum Gasteiger partial charge on any atom is -0.404 e. The molecule has 1 aromatic rings. The Labute approximate surface area is 132 Å². The molecule has 130 valence electrons. The van der Waals surface area contributed by atoms with Gasteiger partial charge in [0.15, 0.2) is 0 Å². The highest BCUT2D eigenvalue weighted by Gasteiger charge is 2.33. The summed E-state index contributed by atoms with van der Waals surface area (Å²) in [6, 6.07) is 4.67. The summed E-state index contributed by atoms with van der Waals surface area (Å²) in [5.74, 6) is -0.741. The third kappa shape index (κ3) is 5.65. The molecule has 1 aromatic carbocycles. The van der Waals surface area contributed by atoms with Gasteiger partial charge in [-0.05, 0) is 12.1 Å². The van der Waals surface area contributed by atoms with Gasteiger partial charge in [-0.3, -0.25) is 4.90 Å². The molecule has 0 unspecified atom stereocenters. The average Bonchev–Trinajstić information content (AvgIpc) is 2.47. The fourth-order valence-electron chi connectivity index (χ4n) is 2.23. The van der Waals surface area contributed by atoms with Gasteiger partial charge in [-0.25, -0.2) is 13.1 Å². The van der Waals surface area contributed by atoms with E-state index in [9.17, 15) is 21.6 Å². The summed E-state index contributed by atoms with van der Waals surface area (Å²) < 4.78 is 67.5. The number of para-hydroxylation sites is 1. The highest BCUT2D eigenvalue weighted by Crippen LogP contribution is 2.29. The van der Waals surface area contributed by atoms with Gasteiger partial charge in [0.25, 0.3) is 0 Å². The van der Waals surface area contributed by atoms with Gasteiger partial charge in [0.1, 0.15) is 10.6 Å². The largest absolute Gasteiger partial charge is 0.573 e. The molecule has 6 nitrogen and oxygen atoms in total. The molecule has 0 bridgehead atoms. The first-order valence-electron chi connectivity index (χ1n) is 7.05. The zero-order valence-electron chi connectivity index (χ0n) is 12.3. The first-order chi connectivity index (χ1) is 10.8. The smallest absolute Gasteiger partial charge is 0.404 e. The summed E-state index contributed by atoms with van der Waals surface area (Å²) in [4.78, 5) is 1.54. The molecule has 2 rings (SSSR count).